The van der Waals surface area contributed by atoms with Gasteiger partial charge in [-0.25, -0.2) is 0 Å². The molecule has 1 amide bonds. The maximum Gasteiger partial charge on any atom is 0.222 e. The van der Waals surface area contributed by atoms with Crippen LogP contribution in [-0.2, 0) is 18.4 Å². The van der Waals surface area contributed by atoms with Crippen LogP contribution in [0.25, 0.3) is 0 Å². The maximum atomic E-state index is 11.7. The number of halogens is 1. The smallest absolute Gasteiger partial charge is 0.222 e. The molecular weight excluding hydrogens is 264 g/mol. The highest BCUT2D eigenvalue weighted by atomic mass is 35.5. The molecule has 0 radical (unpaired) electrons. The van der Waals surface area contributed by atoms with Crippen LogP contribution in [0.4, 0.5) is 0 Å². The van der Waals surface area contributed by atoms with Gasteiger partial charge in [-0.1, -0.05) is 11.6 Å². The van der Waals surface area contributed by atoms with Crippen LogP contribution in [0.3, 0.4) is 0 Å². The van der Waals surface area contributed by atoms with Gasteiger partial charge in [0.1, 0.15) is 5.15 Å². The summed E-state index contributed by atoms with van der Waals surface area (Å²) >= 11 is 6.28. The average Bonchev–Trinajstić information content (AvgIpc) is 2.86. The Morgan fingerprint density at radius 1 is 1.42 bits per heavy atom. The molecule has 0 N–H and O–H groups in total. The summed E-state index contributed by atoms with van der Waals surface area (Å²) in [6.45, 7) is 5.55. The number of aryl methyl sites for hydroxylation is 2. The largest absolute Gasteiger partial charge is 0.337 e. The number of nitrogens with zero attached hydrogens (tertiary/aromatic N) is 4. The Morgan fingerprint density at radius 3 is 2.89 bits per heavy atom. The van der Waals surface area contributed by atoms with E-state index in [1.165, 1.54) is 0 Å². The van der Waals surface area contributed by atoms with Crippen molar-refractivity contribution in [2.75, 3.05) is 19.6 Å². The predicted octanol–water partition coefficient (Wildman–Crippen LogP) is 1.19. The zero-order chi connectivity index (χ0) is 13.6. The number of hydrogen-bond donors (Lipinski definition) is 0. The lowest BCUT2D eigenvalue weighted by molar-refractivity contribution is -0.130. The summed E-state index contributed by atoms with van der Waals surface area (Å²) in [4.78, 5) is 16.1. The minimum atomic E-state index is 0.320. The van der Waals surface area contributed by atoms with E-state index in [-0.39, 0.29) is 0 Å². The van der Waals surface area contributed by atoms with Gasteiger partial charge < -0.3 is 4.90 Å². The molecule has 3 heterocycles. The van der Waals surface area contributed by atoms with Crippen LogP contribution >= 0.6 is 11.6 Å². The summed E-state index contributed by atoms with van der Waals surface area (Å²) < 4.78 is 1.72. The first-order valence-corrected chi connectivity index (χ1v) is 7.14. The van der Waals surface area contributed by atoms with Crippen molar-refractivity contribution in [1.29, 1.82) is 0 Å². The van der Waals surface area contributed by atoms with Gasteiger partial charge in [-0.3, -0.25) is 14.4 Å². The van der Waals surface area contributed by atoms with Gasteiger partial charge in [0.2, 0.25) is 5.91 Å². The number of fused-ring (bicyclic) bond motifs is 1. The molecule has 3 rings (SSSR count). The number of hydrogen-bond acceptors (Lipinski definition) is 3. The van der Waals surface area contributed by atoms with Crippen molar-refractivity contribution >= 4 is 17.5 Å². The zero-order valence-electron chi connectivity index (χ0n) is 11.4. The molecule has 19 heavy (non-hydrogen) atoms. The summed E-state index contributed by atoms with van der Waals surface area (Å²) in [5.41, 5.74) is 2.11. The summed E-state index contributed by atoms with van der Waals surface area (Å²) in [6, 6.07) is 0.400. The van der Waals surface area contributed by atoms with Crippen LogP contribution in [0, 0.1) is 6.92 Å². The topological polar surface area (TPSA) is 41.4 Å². The third kappa shape index (κ3) is 2.25. The monoisotopic (exact) mass is 282 g/mol. The fourth-order valence-corrected chi connectivity index (χ4v) is 3.38. The van der Waals surface area contributed by atoms with Crippen molar-refractivity contribution in [3.63, 3.8) is 0 Å². The molecule has 5 nitrogen and oxygen atoms in total. The van der Waals surface area contributed by atoms with E-state index in [9.17, 15) is 4.79 Å². The first-order valence-electron chi connectivity index (χ1n) is 6.76. The molecule has 0 aliphatic carbocycles. The molecule has 1 aromatic rings. The molecule has 2 fully saturated rings. The van der Waals surface area contributed by atoms with Crippen LogP contribution in [0.15, 0.2) is 0 Å². The van der Waals surface area contributed by atoms with E-state index in [0.717, 1.165) is 49.0 Å². The highest BCUT2D eigenvalue weighted by molar-refractivity contribution is 6.30. The summed E-state index contributed by atoms with van der Waals surface area (Å²) in [6.07, 6.45) is 1.71. The fourth-order valence-electron chi connectivity index (χ4n) is 3.15. The highest BCUT2D eigenvalue weighted by Gasteiger charge is 2.35. The number of rotatable bonds is 2. The number of aromatic nitrogens is 2. The third-order valence-electron chi connectivity index (χ3n) is 4.23. The molecular formula is C13H19ClN4O. The van der Waals surface area contributed by atoms with E-state index >= 15 is 0 Å². The van der Waals surface area contributed by atoms with Gasteiger partial charge in [0.15, 0.2) is 0 Å². The lowest BCUT2D eigenvalue weighted by atomic mass is 10.1. The molecule has 2 aliphatic rings. The third-order valence-corrected chi connectivity index (χ3v) is 4.70. The average molecular weight is 283 g/mol. The van der Waals surface area contributed by atoms with Gasteiger partial charge in [-0.15, -0.1) is 0 Å². The number of carbonyl (C=O) groups excluding carboxylic acids is 1. The van der Waals surface area contributed by atoms with Crippen LogP contribution < -0.4 is 0 Å². The minimum Gasteiger partial charge on any atom is -0.337 e. The Balaban J connectivity index is 1.70. The van der Waals surface area contributed by atoms with Gasteiger partial charge in [-0.05, 0) is 13.3 Å². The quantitative estimate of drug-likeness (QED) is 0.818. The highest BCUT2D eigenvalue weighted by Crippen LogP contribution is 2.26. The number of amides is 1. The second-order valence-electron chi connectivity index (χ2n) is 5.49. The summed E-state index contributed by atoms with van der Waals surface area (Å²) in [5.74, 6) is 0.320. The van der Waals surface area contributed by atoms with Crippen molar-refractivity contribution in [3.8, 4) is 0 Å². The van der Waals surface area contributed by atoms with Gasteiger partial charge in [0, 0.05) is 51.3 Å². The van der Waals surface area contributed by atoms with E-state index in [4.69, 9.17) is 11.6 Å². The van der Waals surface area contributed by atoms with Gasteiger partial charge in [0.05, 0.1) is 5.69 Å². The first-order chi connectivity index (χ1) is 9.06. The Hall–Kier alpha value is -1.07. The van der Waals surface area contributed by atoms with Crippen molar-refractivity contribution < 1.29 is 4.79 Å². The fraction of sp³-hybridized carbons (Fsp3) is 0.692. The van der Waals surface area contributed by atoms with E-state index in [0.29, 0.717) is 18.4 Å². The Kier molecular flexibility index (Phi) is 3.27. The number of piperazine rings is 1. The van der Waals surface area contributed by atoms with Crippen LogP contribution in [-0.4, -0.2) is 51.2 Å². The molecule has 1 unspecified atom stereocenters. The van der Waals surface area contributed by atoms with Crippen LogP contribution in [0.5, 0.6) is 0 Å². The van der Waals surface area contributed by atoms with E-state index < -0.39 is 0 Å². The standard InChI is InChI=1S/C13H19ClN4O/c1-9-11(13(14)16(2)15-9)8-17-5-6-18-10(7-17)3-4-12(18)19/h10H,3-8H2,1-2H3. The van der Waals surface area contributed by atoms with Crippen LogP contribution in [0.2, 0.25) is 5.15 Å². The SMILES string of the molecule is Cc1nn(C)c(Cl)c1CN1CCN2C(=O)CCC2C1. The molecule has 1 atom stereocenters. The second-order valence-corrected chi connectivity index (χ2v) is 5.85. The summed E-state index contributed by atoms with van der Waals surface area (Å²) in [7, 11) is 1.87. The van der Waals surface area contributed by atoms with Crippen molar-refractivity contribution in [2.24, 2.45) is 7.05 Å². The van der Waals surface area contributed by atoms with Gasteiger partial charge in [-0.2, -0.15) is 5.10 Å². The van der Waals surface area contributed by atoms with Gasteiger partial charge >= 0.3 is 0 Å². The lowest BCUT2D eigenvalue weighted by Crippen LogP contribution is -2.51. The minimum absolute atomic E-state index is 0.320. The number of carbonyl (C=O) groups is 1. The van der Waals surface area contributed by atoms with E-state index in [1.807, 2.05) is 18.9 Å². The van der Waals surface area contributed by atoms with Crippen LogP contribution in [0.1, 0.15) is 24.1 Å². The summed E-state index contributed by atoms with van der Waals surface area (Å²) in [5, 5.41) is 5.07. The lowest BCUT2D eigenvalue weighted by Gasteiger charge is -2.37. The molecule has 2 saturated heterocycles. The van der Waals surface area contributed by atoms with E-state index in [2.05, 4.69) is 10.00 Å². The molecule has 0 spiro atoms. The molecule has 0 bridgehead atoms. The Labute approximate surface area is 118 Å². The first kappa shape index (κ1) is 12.9. The zero-order valence-corrected chi connectivity index (χ0v) is 12.2. The second kappa shape index (κ2) is 4.80. The molecule has 104 valence electrons. The molecule has 0 saturated carbocycles. The predicted molar refractivity (Wildman–Crippen MR) is 73.0 cm³/mol. The van der Waals surface area contributed by atoms with Crippen molar-refractivity contribution in [3.05, 3.63) is 16.4 Å². The van der Waals surface area contributed by atoms with Gasteiger partial charge in [0.25, 0.3) is 0 Å². The molecule has 0 aromatic carbocycles. The molecule has 2 aliphatic heterocycles. The molecule has 6 heteroatoms. The Bertz CT molecular complexity index is 513. The normalized spacial score (nSPS) is 24.1. The van der Waals surface area contributed by atoms with Crippen molar-refractivity contribution in [2.45, 2.75) is 32.4 Å². The Morgan fingerprint density at radius 2 is 2.21 bits per heavy atom. The van der Waals surface area contributed by atoms with E-state index in [1.54, 1.807) is 4.68 Å². The molecule has 1 aromatic heterocycles. The maximum absolute atomic E-state index is 11.7. The van der Waals surface area contributed by atoms with Crippen molar-refractivity contribution in [1.82, 2.24) is 19.6 Å².